The summed E-state index contributed by atoms with van der Waals surface area (Å²) in [4.78, 5) is 4.07. The molecule has 0 unspecified atom stereocenters. The lowest BCUT2D eigenvalue weighted by atomic mass is 10.3. The molecular weight excluding hydrogens is 276 g/mol. The number of nitrogens with one attached hydrogen (secondary N) is 1. The number of hydrogen-bond acceptors (Lipinski definition) is 2. The van der Waals surface area contributed by atoms with Gasteiger partial charge in [-0.2, -0.15) is 5.10 Å². The van der Waals surface area contributed by atoms with Gasteiger partial charge in [-0.15, -0.1) is 0 Å². The first-order valence-corrected chi connectivity index (χ1v) is 4.38. The van der Waals surface area contributed by atoms with E-state index in [0.29, 0.717) is 5.15 Å². The Kier molecular flexibility index (Phi) is 1.72. The minimum atomic E-state index is 0.570. The fourth-order valence-electron chi connectivity index (χ4n) is 0.857. The molecule has 0 aliphatic heterocycles. The van der Waals surface area contributed by atoms with Gasteiger partial charge in [0.25, 0.3) is 0 Å². The Hall–Kier alpha value is -0.360. The molecule has 0 aliphatic rings. The van der Waals surface area contributed by atoms with Crippen LogP contribution in [0.25, 0.3) is 10.9 Å². The smallest absolute Gasteiger partial charge is 0.132 e. The van der Waals surface area contributed by atoms with Gasteiger partial charge in [-0.25, -0.2) is 4.98 Å². The van der Waals surface area contributed by atoms with Crippen molar-refractivity contribution in [1.82, 2.24) is 15.2 Å². The second kappa shape index (κ2) is 2.60. The van der Waals surface area contributed by atoms with Crippen LogP contribution < -0.4 is 0 Å². The van der Waals surface area contributed by atoms with Crippen LogP contribution >= 0.6 is 34.2 Å². The molecule has 0 aliphatic carbocycles. The minimum absolute atomic E-state index is 0.570. The van der Waals surface area contributed by atoms with Gasteiger partial charge in [-0.05, 0) is 28.7 Å². The molecule has 2 aromatic heterocycles. The number of halogens is 2. The molecule has 0 aromatic carbocycles. The van der Waals surface area contributed by atoms with Gasteiger partial charge in [-0.1, -0.05) is 11.6 Å². The van der Waals surface area contributed by atoms with Gasteiger partial charge in [-0.3, -0.25) is 5.10 Å². The Morgan fingerprint density at radius 1 is 1.55 bits per heavy atom. The number of aromatic amines is 1. The van der Waals surface area contributed by atoms with E-state index in [1.807, 2.05) is 6.07 Å². The van der Waals surface area contributed by atoms with Gasteiger partial charge in [0, 0.05) is 5.39 Å². The highest BCUT2D eigenvalue weighted by atomic mass is 127. The van der Waals surface area contributed by atoms with E-state index in [4.69, 9.17) is 11.6 Å². The SMILES string of the molecule is Clc1[nH]nc2cnc(I)cc12. The van der Waals surface area contributed by atoms with Crippen molar-refractivity contribution in [3.8, 4) is 0 Å². The quantitative estimate of drug-likeness (QED) is 0.593. The molecule has 0 fully saturated rings. The summed E-state index contributed by atoms with van der Waals surface area (Å²) in [5.41, 5.74) is 0.801. The van der Waals surface area contributed by atoms with Crippen LogP contribution in [0.3, 0.4) is 0 Å². The standard InChI is InChI=1S/C6H3ClIN3/c7-6-3-1-5(8)9-2-4(3)10-11-6/h1-2H,(H,10,11). The van der Waals surface area contributed by atoms with Gasteiger partial charge in [0.1, 0.15) is 14.4 Å². The molecule has 2 heterocycles. The van der Waals surface area contributed by atoms with Crippen molar-refractivity contribution >= 4 is 45.1 Å². The predicted molar refractivity (Wildman–Crippen MR) is 51.6 cm³/mol. The van der Waals surface area contributed by atoms with Crippen molar-refractivity contribution in [2.45, 2.75) is 0 Å². The lowest BCUT2D eigenvalue weighted by Gasteiger charge is -1.87. The van der Waals surface area contributed by atoms with Crippen molar-refractivity contribution in [2.24, 2.45) is 0 Å². The molecule has 0 saturated heterocycles. The first-order valence-electron chi connectivity index (χ1n) is 2.92. The highest BCUT2D eigenvalue weighted by Gasteiger charge is 2.02. The molecule has 56 valence electrons. The van der Waals surface area contributed by atoms with Crippen molar-refractivity contribution in [3.05, 3.63) is 21.1 Å². The van der Waals surface area contributed by atoms with Gasteiger partial charge in [0.2, 0.25) is 0 Å². The molecule has 0 spiro atoms. The maximum Gasteiger partial charge on any atom is 0.132 e. The molecule has 0 radical (unpaired) electrons. The summed E-state index contributed by atoms with van der Waals surface area (Å²) >= 11 is 7.93. The van der Waals surface area contributed by atoms with Crippen LogP contribution in [0.5, 0.6) is 0 Å². The zero-order chi connectivity index (χ0) is 7.84. The molecule has 0 amide bonds. The molecule has 11 heavy (non-hydrogen) atoms. The highest BCUT2D eigenvalue weighted by Crippen LogP contribution is 2.20. The summed E-state index contributed by atoms with van der Waals surface area (Å²) in [6.45, 7) is 0. The number of hydrogen-bond donors (Lipinski definition) is 1. The maximum atomic E-state index is 5.80. The Balaban J connectivity index is 2.87. The molecule has 5 heteroatoms. The second-order valence-corrected chi connectivity index (χ2v) is 3.54. The van der Waals surface area contributed by atoms with Crippen LogP contribution in [0, 0.1) is 3.70 Å². The maximum absolute atomic E-state index is 5.80. The van der Waals surface area contributed by atoms with E-state index in [2.05, 4.69) is 37.8 Å². The molecular formula is C6H3ClIN3. The summed E-state index contributed by atoms with van der Waals surface area (Å²) in [6, 6.07) is 1.89. The topological polar surface area (TPSA) is 41.6 Å². The zero-order valence-corrected chi connectivity index (χ0v) is 8.22. The number of rotatable bonds is 0. The molecule has 3 nitrogen and oxygen atoms in total. The Bertz CT molecular complexity index is 398. The monoisotopic (exact) mass is 279 g/mol. The first-order chi connectivity index (χ1) is 5.27. The van der Waals surface area contributed by atoms with E-state index in [-0.39, 0.29) is 0 Å². The Labute approximate surface area is 81.3 Å². The average molecular weight is 279 g/mol. The number of fused-ring (bicyclic) bond motifs is 1. The third kappa shape index (κ3) is 1.20. The molecule has 0 atom stereocenters. The largest absolute Gasteiger partial charge is 0.266 e. The molecule has 1 N–H and O–H groups in total. The fraction of sp³-hybridized carbons (Fsp3) is 0. The van der Waals surface area contributed by atoms with Crippen molar-refractivity contribution in [3.63, 3.8) is 0 Å². The average Bonchev–Trinajstić information content (AvgIpc) is 2.33. The number of pyridine rings is 1. The van der Waals surface area contributed by atoms with E-state index in [0.717, 1.165) is 14.6 Å². The van der Waals surface area contributed by atoms with E-state index in [9.17, 15) is 0 Å². The molecule has 0 saturated carbocycles. The van der Waals surface area contributed by atoms with Crippen LogP contribution in [0.15, 0.2) is 12.3 Å². The van der Waals surface area contributed by atoms with E-state index in [1.54, 1.807) is 6.20 Å². The number of nitrogens with zero attached hydrogens (tertiary/aromatic N) is 2. The van der Waals surface area contributed by atoms with Crippen molar-refractivity contribution in [1.29, 1.82) is 0 Å². The summed E-state index contributed by atoms with van der Waals surface area (Å²) in [5.74, 6) is 0. The number of aromatic nitrogens is 3. The predicted octanol–water partition coefficient (Wildman–Crippen LogP) is 2.22. The lowest BCUT2D eigenvalue weighted by molar-refractivity contribution is 1.11. The van der Waals surface area contributed by atoms with Crippen LogP contribution in [0.4, 0.5) is 0 Å². The zero-order valence-electron chi connectivity index (χ0n) is 5.31. The van der Waals surface area contributed by atoms with Crippen molar-refractivity contribution < 1.29 is 0 Å². The van der Waals surface area contributed by atoms with Gasteiger partial charge >= 0.3 is 0 Å². The minimum Gasteiger partial charge on any atom is -0.266 e. The molecule has 0 bridgehead atoms. The van der Waals surface area contributed by atoms with E-state index in [1.165, 1.54) is 0 Å². The molecule has 2 rings (SSSR count). The highest BCUT2D eigenvalue weighted by molar-refractivity contribution is 14.1. The van der Waals surface area contributed by atoms with Crippen LogP contribution in [0.1, 0.15) is 0 Å². The van der Waals surface area contributed by atoms with Crippen molar-refractivity contribution in [2.75, 3.05) is 0 Å². The second-order valence-electron chi connectivity index (χ2n) is 2.06. The summed E-state index contributed by atoms with van der Waals surface area (Å²) in [5, 5.41) is 8.10. The van der Waals surface area contributed by atoms with Crippen LogP contribution in [0.2, 0.25) is 5.15 Å². The van der Waals surface area contributed by atoms with Gasteiger partial charge < -0.3 is 0 Å². The number of H-pyrrole nitrogens is 1. The lowest BCUT2D eigenvalue weighted by Crippen LogP contribution is -1.77. The molecule has 2 aromatic rings. The Morgan fingerprint density at radius 3 is 3.18 bits per heavy atom. The normalized spacial score (nSPS) is 10.7. The summed E-state index contributed by atoms with van der Waals surface area (Å²) in [7, 11) is 0. The van der Waals surface area contributed by atoms with E-state index < -0.39 is 0 Å². The third-order valence-corrected chi connectivity index (χ3v) is 2.24. The van der Waals surface area contributed by atoms with Gasteiger partial charge in [0.05, 0.1) is 6.20 Å². The summed E-state index contributed by atoms with van der Waals surface area (Å²) in [6.07, 6.45) is 1.69. The van der Waals surface area contributed by atoms with Crippen LogP contribution in [-0.2, 0) is 0 Å². The third-order valence-electron chi connectivity index (χ3n) is 1.36. The van der Waals surface area contributed by atoms with E-state index >= 15 is 0 Å². The first kappa shape index (κ1) is 7.30. The Morgan fingerprint density at radius 2 is 2.36 bits per heavy atom. The van der Waals surface area contributed by atoms with Crippen LogP contribution in [-0.4, -0.2) is 15.2 Å². The van der Waals surface area contributed by atoms with Gasteiger partial charge in [0.15, 0.2) is 0 Å². The summed E-state index contributed by atoms with van der Waals surface area (Å²) < 4.78 is 0.915. The fourth-order valence-corrected chi connectivity index (χ4v) is 1.50.